The molecule has 0 aliphatic carbocycles. The number of carbonyl (C=O) groups excluding carboxylic acids is 1. The molecule has 0 N–H and O–H groups in total. The van der Waals surface area contributed by atoms with E-state index >= 15 is 0 Å². The molecule has 0 fully saturated rings. The van der Waals surface area contributed by atoms with Gasteiger partial charge in [-0.1, -0.05) is 0 Å². The molecule has 1 aromatic rings. The molecule has 0 radical (unpaired) electrons. The summed E-state index contributed by atoms with van der Waals surface area (Å²) in [6.45, 7) is 1.62. The Morgan fingerprint density at radius 2 is 1.94 bits per heavy atom. The van der Waals surface area contributed by atoms with E-state index in [1.807, 2.05) is 0 Å². The summed E-state index contributed by atoms with van der Waals surface area (Å²) >= 11 is 0. The number of carbonyl (C=O) groups is 1. The number of halogens is 3. The largest absolute Gasteiger partial charge is 0.381 e. The molecule has 0 amide bonds. The van der Waals surface area contributed by atoms with Crippen molar-refractivity contribution in [3.8, 4) is 0 Å². The van der Waals surface area contributed by atoms with Gasteiger partial charge in [-0.3, -0.25) is 4.79 Å². The van der Waals surface area contributed by atoms with Gasteiger partial charge >= 0.3 is 0 Å². The summed E-state index contributed by atoms with van der Waals surface area (Å²) in [5.41, 5.74) is -0.456. The third-order valence-corrected chi connectivity index (χ3v) is 2.21. The van der Waals surface area contributed by atoms with Crippen LogP contribution in [0.15, 0.2) is 12.1 Å². The number of hydrogen-bond acceptors (Lipinski definition) is 2. The van der Waals surface area contributed by atoms with E-state index in [-0.39, 0.29) is 6.42 Å². The van der Waals surface area contributed by atoms with Crippen LogP contribution in [0.2, 0.25) is 0 Å². The number of ketones is 1. The Labute approximate surface area is 91.0 Å². The molecule has 0 aromatic heterocycles. The number of benzene rings is 1. The van der Waals surface area contributed by atoms with E-state index < -0.39 is 34.9 Å². The predicted molar refractivity (Wildman–Crippen MR) is 51.7 cm³/mol. The van der Waals surface area contributed by atoms with Crippen molar-refractivity contribution < 1.29 is 22.7 Å². The second-order valence-electron chi connectivity index (χ2n) is 3.40. The van der Waals surface area contributed by atoms with E-state index in [9.17, 15) is 18.0 Å². The van der Waals surface area contributed by atoms with Crippen molar-refractivity contribution in [2.45, 2.75) is 19.4 Å². The van der Waals surface area contributed by atoms with Gasteiger partial charge in [0.2, 0.25) is 0 Å². The van der Waals surface area contributed by atoms with Crippen molar-refractivity contribution in [2.24, 2.45) is 0 Å². The van der Waals surface area contributed by atoms with Crippen LogP contribution in [0.4, 0.5) is 13.2 Å². The van der Waals surface area contributed by atoms with Crippen molar-refractivity contribution in [3.05, 3.63) is 35.1 Å². The normalized spacial score (nSPS) is 12.6. The van der Waals surface area contributed by atoms with Gasteiger partial charge in [0, 0.05) is 13.5 Å². The van der Waals surface area contributed by atoms with E-state index in [1.165, 1.54) is 7.11 Å². The SMILES string of the molecule is COC(C)CC(=O)c1ccc(F)c(F)c1F. The van der Waals surface area contributed by atoms with Crippen molar-refractivity contribution in [2.75, 3.05) is 7.11 Å². The van der Waals surface area contributed by atoms with E-state index in [2.05, 4.69) is 0 Å². The van der Waals surface area contributed by atoms with Crippen LogP contribution >= 0.6 is 0 Å². The highest BCUT2D eigenvalue weighted by atomic mass is 19.2. The van der Waals surface area contributed by atoms with Crippen molar-refractivity contribution >= 4 is 5.78 Å². The summed E-state index contributed by atoms with van der Waals surface area (Å²) in [5.74, 6) is -5.01. The van der Waals surface area contributed by atoms with Crippen LogP contribution < -0.4 is 0 Å². The highest BCUT2D eigenvalue weighted by molar-refractivity contribution is 5.96. The summed E-state index contributed by atoms with van der Waals surface area (Å²) in [7, 11) is 1.40. The minimum absolute atomic E-state index is 0.0848. The second kappa shape index (κ2) is 5.12. The minimum atomic E-state index is -1.63. The topological polar surface area (TPSA) is 26.3 Å². The fourth-order valence-corrected chi connectivity index (χ4v) is 1.20. The van der Waals surface area contributed by atoms with Crippen LogP contribution in [0.25, 0.3) is 0 Å². The Kier molecular flexibility index (Phi) is 4.06. The smallest absolute Gasteiger partial charge is 0.195 e. The van der Waals surface area contributed by atoms with Crippen molar-refractivity contribution in [1.82, 2.24) is 0 Å². The lowest BCUT2D eigenvalue weighted by atomic mass is 10.0. The molecule has 1 rings (SSSR count). The van der Waals surface area contributed by atoms with Gasteiger partial charge in [0.1, 0.15) is 0 Å². The van der Waals surface area contributed by atoms with Gasteiger partial charge < -0.3 is 4.74 Å². The van der Waals surface area contributed by atoms with Gasteiger partial charge in [0.05, 0.1) is 11.7 Å². The molecule has 0 heterocycles. The fraction of sp³-hybridized carbons (Fsp3) is 0.364. The third kappa shape index (κ3) is 2.61. The highest BCUT2D eigenvalue weighted by Crippen LogP contribution is 2.17. The lowest BCUT2D eigenvalue weighted by molar-refractivity contribution is 0.0787. The Balaban J connectivity index is 2.97. The molecule has 0 bridgehead atoms. The van der Waals surface area contributed by atoms with Crippen LogP contribution in [0.3, 0.4) is 0 Å². The van der Waals surface area contributed by atoms with Crippen LogP contribution in [-0.2, 0) is 4.74 Å². The maximum absolute atomic E-state index is 13.2. The maximum atomic E-state index is 13.2. The molecule has 1 aromatic carbocycles. The van der Waals surface area contributed by atoms with Gasteiger partial charge in [-0.25, -0.2) is 13.2 Å². The molecule has 2 nitrogen and oxygen atoms in total. The first-order valence-corrected chi connectivity index (χ1v) is 4.66. The zero-order valence-electron chi connectivity index (χ0n) is 8.89. The number of methoxy groups -OCH3 is 1. The first kappa shape index (κ1) is 12.7. The van der Waals surface area contributed by atoms with Crippen molar-refractivity contribution in [3.63, 3.8) is 0 Å². The molecule has 1 unspecified atom stereocenters. The molecule has 0 aliphatic rings. The first-order valence-electron chi connectivity index (χ1n) is 4.66. The van der Waals surface area contributed by atoms with Gasteiger partial charge in [-0.2, -0.15) is 0 Å². The quantitative estimate of drug-likeness (QED) is 0.589. The first-order chi connectivity index (χ1) is 7.47. The van der Waals surface area contributed by atoms with Crippen LogP contribution in [0, 0.1) is 17.5 Å². The number of hydrogen-bond donors (Lipinski definition) is 0. The van der Waals surface area contributed by atoms with Gasteiger partial charge in [0.25, 0.3) is 0 Å². The lowest BCUT2D eigenvalue weighted by Gasteiger charge is -2.09. The van der Waals surface area contributed by atoms with Crippen LogP contribution in [0.5, 0.6) is 0 Å². The van der Waals surface area contributed by atoms with E-state index in [0.29, 0.717) is 0 Å². The van der Waals surface area contributed by atoms with Crippen LogP contribution in [-0.4, -0.2) is 19.0 Å². The van der Waals surface area contributed by atoms with E-state index in [1.54, 1.807) is 6.92 Å². The Morgan fingerprint density at radius 3 is 2.50 bits per heavy atom. The second-order valence-corrected chi connectivity index (χ2v) is 3.40. The molecular weight excluding hydrogens is 221 g/mol. The predicted octanol–water partition coefficient (Wildman–Crippen LogP) is 2.71. The highest BCUT2D eigenvalue weighted by Gasteiger charge is 2.19. The van der Waals surface area contributed by atoms with E-state index in [4.69, 9.17) is 4.74 Å². The molecular formula is C11H11F3O2. The third-order valence-electron chi connectivity index (χ3n) is 2.21. The van der Waals surface area contributed by atoms with Gasteiger partial charge in [-0.15, -0.1) is 0 Å². The average Bonchev–Trinajstić information content (AvgIpc) is 2.25. The number of rotatable bonds is 4. The molecule has 1 atom stereocenters. The summed E-state index contributed by atoms with van der Waals surface area (Å²) in [5, 5.41) is 0. The Bertz CT molecular complexity index is 404. The average molecular weight is 232 g/mol. The summed E-state index contributed by atoms with van der Waals surface area (Å²) < 4.78 is 43.5. The zero-order valence-corrected chi connectivity index (χ0v) is 8.89. The lowest BCUT2D eigenvalue weighted by Crippen LogP contribution is -2.14. The molecule has 5 heteroatoms. The van der Waals surface area contributed by atoms with Crippen LogP contribution in [0.1, 0.15) is 23.7 Å². The molecule has 0 spiro atoms. The molecule has 16 heavy (non-hydrogen) atoms. The zero-order chi connectivity index (χ0) is 12.3. The standard InChI is InChI=1S/C11H11F3O2/c1-6(16-2)5-9(15)7-3-4-8(12)11(14)10(7)13/h3-4,6H,5H2,1-2H3. The summed E-state index contributed by atoms with van der Waals surface area (Å²) in [4.78, 5) is 11.5. The molecule has 0 aliphatic heterocycles. The minimum Gasteiger partial charge on any atom is -0.381 e. The van der Waals surface area contributed by atoms with Gasteiger partial charge in [0.15, 0.2) is 23.2 Å². The molecule has 0 saturated heterocycles. The fourth-order valence-electron chi connectivity index (χ4n) is 1.20. The molecule has 0 saturated carbocycles. The summed E-state index contributed by atoms with van der Waals surface area (Å²) in [6.07, 6.45) is -0.488. The Hall–Kier alpha value is -1.36. The Morgan fingerprint density at radius 1 is 1.31 bits per heavy atom. The van der Waals surface area contributed by atoms with Crippen molar-refractivity contribution in [1.29, 1.82) is 0 Å². The number of ether oxygens (including phenoxy) is 1. The van der Waals surface area contributed by atoms with Gasteiger partial charge in [-0.05, 0) is 19.1 Å². The number of Topliss-reactive ketones (excluding diaryl/α,β-unsaturated/α-hetero) is 1. The molecule has 88 valence electrons. The van der Waals surface area contributed by atoms with E-state index in [0.717, 1.165) is 12.1 Å². The maximum Gasteiger partial charge on any atom is 0.195 e. The monoisotopic (exact) mass is 232 g/mol. The summed E-state index contributed by atoms with van der Waals surface area (Å²) in [6, 6.07) is 1.65.